The predicted molar refractivity (Wildman–Crippen MR) is 193 cm³/mol. The molecule has 54 heavy (non-hydrogen) atoms. The molecule has 3 saturated heterocycles. The van der Waals surface area contributed by atoms with Crippen LogP contribution >= 0.6 is 0 Å². The first-order valence-electron chi connectivity index (χ1n) is 17.6. The number of rotatable bonds is 11. The lowest BCUT2D eigenvalue weighted by Crippen LogP contribution is -2.39. The fraction of sp³-hybridized carbons (Fsp3) is 0.457. The van der Waals surface area contributed by atoms with E-state index in [4.69, 9.17) is 33.8 Å². The Morgan fingerprint density at radius 2 is 1.74 bits per heavy atom. The number of hydrogen-bond donors (Lipinski definition) is 2. The van der Waals surface area contributed by atoms with Crippen molar-refractivity contribution in [3.8, 4) is 22.9 Å². The Bertz CT molecular complexity index is 2110. The van der Waals surface area contributed by atoms with Crippen LogP contribution in [0.1, 0.15) is 42.5 Å². The number of methoxy groups -OCH3 is 1. The standard InChI is InChI=1S/C35H40F2N8O8S/c1-49-34-27(43-54(2,47)48)16-21(19-39-34)30-25-17-23(36)18-28(31(25)41-35(40-30)45-10-13-50-14-11-45)52-24-6-8-44(9-7-24)32-26(37)15-22(20-38-32)33(46)42-53-29-5-3-4-12-51-29/h15-20,24,29,43H,3-14H2,1-2H3,(H,42,46). The number of anilines is 3. The van der Waals surface area contributed by atoms with E-state index in [9.17, 15) is 13.2 Å². The van der Waals surface area contributed by atoms with Crippen LogP contribution in [0.15, 0.2) is 36.7 Å². The van der Waals surface area contributed by atoms with Crippen molar-refractivity contribution in [1.82, 2.24) is 25.4 Å². The highest BCUT2D eigenvalue weighted by atomic mass is 32.2. The first kappa shape index (κ1) is 37.3. The highest BCUT2D eigenvalue weighted by molar-refractivity contribution is 7.92. The van der Waals surface area contributed by atoms with E-state index >= 15 is 8.78 Å². The Balaban J connectivity index is 1.11. The molecule has 1 atom stereocenters. The van der Waals surface area contributed by atoms with Crippen LogP contribution in [0.2, 0.25) is 0 Å². The second-order valence-corrected chi connectivity index (χ2v) is 14.9. The van der Waals surface area contributed by atoms with E-state index in [1.54, 1.807) is 4.90 Å². The van der Waals surface area contributed by atoms with Crippen LogP contribution in [0, 0.1) is 11.6 Å². The van der Waals surface area contributed by atoms with Crippen molar-refractivity contribution in [3.05, 3.63) is 53.9 Å². The van der Waals surface area contributed by atoms with Gasteiger partial charge in [0.05, 0.1) is 37.8 Å². The van der Waals surface area contributed by atoms with Gasteiger partial charge >= 0.3 is 0 Å². The number of piperidine rings is 1. The summed E-state index contributed by atoms with van der Waals surface area (Å²) in [6.07, 6.45) is 6.26. The van der Waals surface area contributed by atoms with Crippen molar-refractivity contribution in [2.75, 3.05) is 73.9 Å². The number of hydrogen-bond acceptors (Lipinski definition) is 14. The molecule has 3 aliphatic heterocycles. The fourth-order valence-electron chi connectivity index (χ4n) is 6.52. The van der Waals surface area contributed by atoms with E-state index in [1.807, 2.05) is 4.90 Å². The predicted octanol–water partition coefficient (Wildman–Crippen LogP) is 3.82. The van der Waals surface area contributed by atoms with E-state index in [2.05, 4.69) is 20.2 Å². The topological polar surface area (TPSA) is 179 Å². The summed E-state index contributed by atoms with van der Waals surface area (Å²) in [5.74, 6) is -1.19. The van der Waals surface area contributed by atoms with Gasteiger partial charge in [-0.05, 0) is 31.0 Å². The third kappa shape index (κ3) is 8.69. The molecule has 288 valence electrons. The normalized spacial score (nSPS) is 18.4. The zero-order chi connectivity index (χ0) is 37.8. The lowest BCUT2D eigenvalue weighted by molar-refractivity contribution is -0.186. The molecule has 0 aliphatic carbocycles. The molecule has 1 unspecified atom stereocenters. The Kier molecular flexibility index (Phi) is 11.2. The van der Waals surface area contributed by atoms with Crippen molar-refractivity contribution < 1.29 is 45.8 Å². The molecular weight excluding hydrogens is 730 g/mol. The summed E-state index contributed by atoms with van der Waals surface area (Å²) >= 11 is 0. The van der Waals surface area contributed by atoms with Gasteiger partial charge in [-0.3, -0.25) is 9.52 Å². The van der Waals surface area contributed by atoms with E-state index in [1.165, 1.54) is 37.7 Å². The maximum absolute atomic E-state index is 15.4. The smallest absolute Gasteiger partial charge is 0.276 e. The van der Waals surface area contributed by atoms with Gasteiger partial charge in [0.2, 0.25) is 21.9 Å². The second kappa shape index (κ2) is 16.2. The first-order valence-corrected chi connectivity index (χ1v) is 19.4. The van der Waals surface area contributed by atoms with Crippen LogP contribution in [0.5, 0.6) is 11.6 Å². The second-order valence-electron chi connectivity index (χ2n) is 13.1. The molecule has 4 aromatic rings. The van der Waals surface area contributed by atoms with E-state index < -0.39 is 33.9 Å². The zero-order valence-electron chi connectivity index (χ0n) is 29.7. The van der Waals surface area contributed by atoms with Gasteiger partial charge in [-0.15, -0.1) is 0 Å². The number of sulfonamides is 1. The largest absolute Gasteiger partial charge is 0.488 e. The number of morpholine rings is 1. The van der Waals surface area contributed by atoms with Gasteiger partial charge in [0, 0.05) is 81.5 Å². The highest BCUT2D eigenvalue weighted by Crippen LogP contribution is 2.37. The van der Waals surface area contributed by atoms with Gasteiger partial charge in [-0.1, -0.05) is 0 Å². The van der Waals surface area contributed by atoms with E-state index in [0.29, 0.717) is 93.4 Å². The molecule has 3 fully saturated rings. The number of carbonyl (C=O) groups excluding carboxylic acids is 1. The minimum absolute atomic E-state index is 0.00868. The number of carbonyl (C=O) groups is 1. The summed E-state index contributed by atoms with van der Waals surface area (Å²) in [5, 5.41) is 0.323. The number of benzene rings is 1. The van der Waals surface area contributed by atoms with Crippen molar-refractivity contribution in [1.29, 1.82) is 0 Å². The maximum Gasteiger partial charge on any atom is 0.276 e. The van der Waals surface area contributed by atoms with Crippen molar-refractivity contribution in [3.63, 3.8) is 0 Å². The third-order valence-electron chi connectivity index (χ3n) is 9.17. The minimum atomic E-state index is -3.70. The number of amides is 1. The van der Waals surface area contributed by atoms with Crippen LogP contribution in [0.3, 0.4) is 0 Å². The Morgan fingerprint density at radius 3 is 2.44 bits per heavy atom. The molecule has 16 nitrogen and oxygen atoms in total. The summed E-state index contributed by atoms with van der Waals surface area (Å²) in [5.41, 5.74) is 3.44. The van der Waals surface area contributed by atoms with Crippen molar-refractivity contribution in [2.24, 2.45) is 0 Å². The summed E-state index contributed by atoms with van der Waals surface area (Å²) in [7, 11) is -2.33. The summed E-state index contributed by atoms with van der Waals surface area (Å²) in [6, 6.07) is 5.20. The molecule has 2 N–H and O–H groups in total. The molecule has 0 saturated carbocycles. The van der Waals surface area contributed by atoms with Crippen LogP contribution in [-0.4, -0.2) is 106 Å². The quantitative estimate of drug-likeness (QED) is 0.210. The van der Waals surface area contributed by atoms with E-state index in [-0.39, 0.29) is 34.8 Å². The number of fused-ring (bicyclic) bond motifs is 1. The minimum Gasteiger partial charge on any atom is -0.488 e. The van der Waals surface area contributed by atoms with Gasteiger partial charge in [0.15, 0.2) is 17.9 Å². The molecule has 0 bridgehead atoms. The van der Waals surface area contributed by atoms with Crippen LogP contribution in [0.25, 0.3) is 22.2 Å². The molecule has 1 amide bonds. The third-order valence-corrected chi connectivity index (χ3v) is 9.76. The first-order chi connectivity index (χ1) is 26.0. The number of hydroxylamine groups is 1. The highest BCUT2D eigenvalue weighted by Gasteiger charge is 2.27. The average molecular weight is 771 g/mol. The van der Waals surface area contributed by atoms with E-state index in [0.717, 1.165) is 25.2 Å². The molecule has 7 rings (SSSR count). The number of ether oxygens (including phenoxy) is 4. The number of nitrogens with zero attached hydrogens (tertiary/aromatic N) is 6. The average Bonchev–Trinajstić information content (AvgIpc) is 3.17. The van der Waals surface area contributed by atoms with Crippen LogP contribution in [0.4, 0.5) is 26.2 Å². The molecule has 19 heteroatoms. The van der Waals surface area contributed by atoms with Crippen LogP contribution < -0.4 is 29.5 Å². The molecule has 0 radical (unpaired) electrons. The lowest BCUT2D eigenvalue weighted by atomic mass is 10.1. The summed E-state index contributed by atoms with van der Waals surface area (Å²) in [4.78, 5) is 39.8. The zero-order valence-corrected chi connectivity index (χ0v) is 30.5. The van der Waals surface area contributed by atoms with Gasteiger partial charge in [-0.2, -0.15) is 0 Å². The van der Waals surface area contributed by atoms with Gasteiger partial charge < -0.3 is 28.7 Å². The van der Waals surface area contributed by atoms with Crippen LogP contribution in [-0.2, 0) is 24.3 Å². The van der Waals surface area contributed by atoms with Crippen molar-refractivity contribution >= 4 is 44.3 Å². The Labute approximate surface area is 310 Å². The summed E-state index contributed by atoms with van der Waals surface area (Å²) in [6.45, 7) is 3.26. The molecule has 1 aromatic carbocycles. The number of aromatic nitrogens is 4. The molecule has 3 aromatic heterocycles. The number of halogens is 2. The van der Waals surface area contributed by atoms with Crippen molar-refractivity contribution in [2.45, 2.75) is 44.5 Å². The van der Waals surface area contributed by atoms with Gasteiger partial charge in [-0.25, -0.2) is 47.5 Å². The molecule has 0 spiro atoms. The Hall–Kier alpha value is -4.98. The SMILES string of the molecule is COc1ncc(-c2nc(N3CCOCC3)nc3c(OC4CCN(c5ncc(C(=O)NOC6CCCCO6)cc5F)CC4)cc(F)cc23)cc1NS(C)(=O)=O. The number of nitrogens with one attached hydrogen (secondary N) is 2. The Morgan fingerprint density at radius 1 is 0.944 bits per heavy atom. The molecular formula is C35H40F2N8O8S. The number of pyridine rings is 2. The molecule has 3 aliphatic rings. The molecule has 6 heterocycles. The van der Waals surface area contributed by atoms with Gasteiger partial charge in [0.1, 0.15) is 28.9 Å². The lowest BCUT2D eigenvalue weighted by Gasteiger charge is -2.33. The summed E-state index contributed by atoms with van der Waals surface area (Å²) < 4.78 is 80.0. The van der Waals surface area contributed by atoms with Gasteiger partial charge in [0.25, 0.3) is 5.91 Å². The maximum atomic E-state index is 15.4. The fourth-order valence-corrected chi connectivity index (χ4v) is 7.07. The monoisotopic (exact) mass is 770 g/mol.